The minimum atomic E-state index is 0.535. The molecule has 0 bridgehead atoms. The van der Waals surface area contributed by atoms with Crippen LogP contribution in [0.3, 0.4) is 0 Å². The van der Waals surface area contributed by atoms with Gasteiger partial charge in [-0.2, -0.15) is 0 Å². The highest BCUT2D eigenvalue weighted by Gasteiger charge is 1.83. The lowest BCUT2D eigenvalue weighted by molar-refractivity contribution is 0.397. The number of hydrogen-bond acceptors (Lipinski definition) is 2. The summed E-state index contributed by atoms with van der Waals surface area (Å²) < 4.78 is 4.75. The molecule has 0 fully saturated rings. The molecule has 0 amide bonds. The van der Waals surface area contributed by atoms with Gasteiger partial charge in [0.25, 0.3) is 0 Å². The second-order valence-corrected chi connectivity index (χ2v) is 1.29. The number of nitrogens with zero attached hydrogens (tertiary/aromatic N) is 1. The fraction of sp³-hybridized carbons (Fsp3) is 0.167. The molecule has 0 spiro atoms. The summed E-state index contributed by atoms with van der Waals surface area (Å²) in [5.41, 5.74) is 0. The minimum Gasteiger partial charge on any atom is -0.481 e. The van der Waals surface area contributed by atoms with Crippen LogP contribution in [0.25, 0.3) is 0 Å². The van der Waals surface area contributed by atoms with Crippen molar-refractivity contribution in [3.8, 4) is 5.88 Å². The van der Waals surface area contributed by atoms with Crippen LogP contribution < -0.4 is 4.74 Å². The molecule has 41 valence electrons. The molecule has 0 saturated carbocycles. The van der Waals surface area contributed by atoms with Gasteiger partial charge in [-0.15, -0.1) is 0 Å². The molecule has 0 aromatic carbocycles. The smallest absolute Gasteiger partial charge is 0.221 e. The van der Waals surface area contributed by atoms with Crippen LogP contribution in [-0.4, -0.2) is 12.1 Å². The minimum absolute atomic E-state index is 0.535. The first-order valence-corrected chi connectivity index (χ1v) is 2.30. The van der Waals surface area contributed by atoms with Crippen LogP contribution in [-0.2, 0) is 0 Å². The lowest BCUT2D eigenvalue weighted by atomic mass is 10.5. The van der Waals surface area contributed by atoms with Gasteiger partial charge in [-0.25, -0.2) is 4.98 Å². The molecule has 0 aliphatic carbocycles. The monoisotopic (exact) mass is 108 g/mol. The number of hydrogen-bond donors (Lipinski definition) is 0. The van der Waals surface area contributed by atoms with E-state index in [1.54, 1.807) is 25.4 Å². The predicted molar refractivity (Wildman–Crippen MR) is 29.6 cm³/mol. The quantitative estimate of drug-likeness (QED) is 0.533. The summed E-state index contributed by atoms with van der Waals surface area (Å²) in [6.07, 6.45) is 1.66. The Morgan fingerprint density at radius 1 is 1.75 bits per heavy atom. The molecule has 0 aliphatic rings. The Morgan fingerprint density at radius 2 is 2.62 bits per heavy atom. The first kappa shape index (κ1) is 5.09. The normalized spacial score (nSPS) is 8.62. The molecule has 1 radical (unpaired) electrons. The first-order valence-electron chi connectivity index (χ1n) is 2.30. The van der Waals surface area contributed by atoms with Crippen molar-refractivity contribution in [2.24, 2.45) is 0 Å². The van der Waals surface area contributed by atoms with Gasteiger partial charge in [0.15, 0.2) is 0 Å². The van der Waals surface area contributed by atoms with Gasteiger partial charge >= 0.3 is 0 Å². The van der Waals surface area contributed by atoms with Crippen LogP contribution in [0.1, 0.15) is 0 Å². The fourth-order valence-electron chi connectivity index (χ4n) is 0.422. The summed E-state index contributed by atoms with van der Waals surface area (Å²) in [6.45, 7) is 0. The van der Waals surface area contributed by atoms with E-state index >= 15 is 0 Å². The number of rotatable bonds is 1. The second-order valence-electron chi connectivity index (χ2n) is 1.29. The fourth-order valence-corrected chi connectivity index (χ4v) is 0.422. The molecule has 0 atom stereocenters. The van der Waals surface area contributed by atoms with E-state index in [1.807, 2.05) is 0 Å². The average molecular weight is 108 g/mol. The molecular formula is C6H6NO. The van der Waals surface area contributed by atoms with Crippen molar-refractivity contribution in [3.63, 3.8) is 0 Å². The van der Waals surface area contributed by atoms with Gasteiger partial charge in [-0.05, 0) is 12.1 Å². The predicted octanol–water partition coefficient (Wildman–Crippen LogP) is 0.890. The molecule has 0 N–H and O–H groups in total. The first-order chi connectivity index (χ1) is 3.93. The maximum atomic E-state index is 4.75. The lowest BCUT2D eigenvalue weighted by Gasteiger charge is -1.91. The van der Waals surface area contributed by atoms with E-state index in [4.69, 9.17) is 4.74 Å². The van der Waals surface area contributed by atoms with Crippen molar-refractivity contribution < 1.29 is 4.74 Å². The number of aromatic nitrogens is 1. The molecule has 2 nitrogen and oxygen atoms in total. The van der Waals surface area contributed by atoms with Crippen molar-refractivity contribution in [2.75, 3.05) is 7.11 Å². The Bertz CT molecular complexity index is 150. The zero-order valence-electron chi connectivity index (χ0n) is 4.59. The molecule has 1 aromatic heterocycles. The summed E-state index contributed by atoms with van der Waals surface area (Å²) in [5, 5.41) is 0. The molecule has 1 rings (SSSR count). The van der Waals surface area contributed by atoms with Crippen molar-refractivity contribution in [3.05, 3.63) is 24.4 Å². The molecule has 1 heterocycles. The highest BCUT2D eigenvalue weighted by atomic mass is 16.5. The van der Waals surface area contributed by atoms with Gasteiger partial charge in [0.1, 0.15) is 0 Å². The van der Waals surface area contributed by atoms with Crippen LogP contribution in [0, 0.1) is 6.07 Å². The topological polar surface area (TPSA) is 22.1 Å². The molecule has 0 unspecified atom stereocenters. The molecule has 8 heavy (non-hydrogen) atoms. The van der Waals surface area contributed by atoms with Gasteiger partial charge in [-0.1, -0.05) is 0 Å². The van der Waals surface area contributed by atoms with Gasteiger partial charge in [-0.3, -0.25) is 0 Å². The van der Waals surface area contributed by atoms with E-state index < -0.39 is 0 Å². The highest BCUT2D eigenvalue weighted by molar-refractivity contribution is 5.06. The second kappa shape index (κ2) is 2.31. The third-order valence-electron chi connectivity index (χ3n) is 0.774. The van der Waals surface area contributed by atoms with Gasteiger partial charge in [0.05, 0.1) is 7.11 Å². The van der Waals surface area contributed by atoms with Crippen LogP contribution in [0.2, 0.25) is 0 Å². The van der Waals surface area contributed by atoms with Crippen molar-refractivity contribution in [1.82, 2.24) is 4.98 Å². The Hall–Kier alpha value is -1.05. The number of methoxy groups -OCH3 is 1. The number of ether oxygens (including phenoxy) is 1. The third kappa shape index (κ3) is 0.964. The number of pyridine rings is 1. The van der Waals surface area contributed by atoms with Crippen LogP contribution in [0.4, 0.5) is 0 Å². The van der Waals surface area contributed by atoms with Gasteiger partial charge < -0.3 is 4.74 Å². The summed E-state index contributed by atoms with van der Waals surface area (Å²) >= 11 is 0. The SMILES string of the molecule is COc1[c]cccn1. The van der Waals surface area contributed by atoms with Gasteiger partial charge in [0.2, 0.25) is 5.88 Å². The Balaban J connectivity index is 2.83. The Kier molecular flexibility index (Phi) is 1.47. The Morgan fingerprint density at radius 3 is 3.00 bits per heavy atom. The van der Waals surface area contributed by atoms with Crippen LogP contribution in [0.15, 0.2) is 18.3 Å². The molecular weight excluding hydrogens is 102 g/mol. The summed E-state index contributed by atoms with van der Waals surface area (Å²) in [6, 6.07) is 6.33. The zero-order valence-corrected chi connectivity index (χ0v) is 4.59. The summed E-state index contributed by atoms with van der Waals surface area (Å²) in [4.78, 5) is 3.82. The van der Waals surface area contributed by atoms with E-state index in [0.717, 1.165) is 0 Å². The molecule has 0 aliphatic heterocycles. The lowest BCUT2D eigenvalue weighted by Crippen LogP contribution is -1.83. The van der Waals surface area contributed by atoms with E-state index in [2.05, 4.69) is 11.1 Å². The average Bonchev–Trinajstić information content (AvgIpc) is 1.90. The van der Waals surface area contributed by atoms with Crippen LogP contribution in [0.5, 0.6) is 5.88 Å². The molecule has 2 heteroatoms. The standard InChI is InChI=1S/C6H6NO/c1-8-6-4-2-3-5-7-6/h2-3,5H,1H3. The maximum absolute atomic E-state index is 4.75. The molecule has 0 saturated heterocycles. The van der Waals surface area contributed by atoms with E-state index in [1.165, 1.54) is 0 Å². The Labute approximate surface area is 48.1 Å². The van der Waals surface area contributed by atoms with Gasteiger partial charge in [0, 0.05) is 12.3 Å². The van der Waals surface area contributed by atoms with Crippen molar-refractivity contribution >= 4 is 0 Å². The summed E-state index contributed by atoms with van der Waals surface area (Å²) in [7, 11) is 1.57. The van der Waals surface area contributed by atoms with E-state index in [-0.39, 0.29) is 0 Å². The highest BCUT2D eigenvalue weighted by Crippen LogP contribution is 1.98. The maximum Gasteiger partial charge on any atom is 0.221 e. The van der Waals surface area contributed by atoms with Crippen molar-refractivity contribution in [1.29, 1.82) is 0 Å². The van der Waals surface area contributed by atoms with Crippen LogP contribution >= 0.6 is 0 Å². The largest absolute Gasteiger partial charge is 0.481 e. The van der Waals surface area contributed by atoms with E-state index in [0.29, 0.717) is 5.88 Å². The van der Waals surface area contributed by atoms with Crippen molar-refractivity contribution in [2.45, 2.75) is 0 Å². The molecule has 1 aromatic rings. The third-order valence-corrected chi connectivity index (χ3v) is 0.774. The van der Waals surface area contributed by atoms with E-state index in [9.17, 15) is 0 Å². The summed E-state index contributed by atoms with van der Waals surface area (Å²) in [5.74, 6) is 0.535. The zero-order chi connectivity index (χ0) is 5.82.